The fraction of sp³-hybridized carbons (Fsp3) is 0.278. The largest absolute Gasteiger partial charge is 0.319 e. The van der Waals surface area contributed by atoms with Gasteiger partial charge in [-0.3, -0.25) is 19.8 Å². The minimum atomic E-state index is -0.502. The Balaban J connectivity index is 2.10. The number of likely N-dealkylation sites (N-methyl/N-ethyl adjacent to an activating group) is 1. The van der Waals surface area contributed by atoms with Crippen LogP contribution in [0.5, 0.6) is 0 Å². The van der Waals surface area contributed by atoms with Gasteiger partial charge in [0.2, 0.25) is 5.91 Å². The molecule has 0 aliphatic carbocycles. The molecule has 2 aromatic rings. The number of amides is 1. The minimum Gasteiger partial charge on any atom is -0.319 e. The predicted molar refractivity (Wildman–Crippen MR) is 104 cm³/mol. The van der Waals surface area contributed by atoms with Crippen molar-refractivity contribution in [3.05, 3.63) is 67.2 Å². The van der Waals surface area contributed by atoms with Crippen LogP contribution < -0.4 is 5.32 Å². The smallest absolute Gasteiger partial charge is 0.293 e. The Morgan fingerprint density at radius 3 is 2.58 bits per heavy atom. The first-order chi connectivity index (χ1) is 12.2. The maximum Gasteiger partial charge on any atom is 0.293 e. The fourth-order valence-corrected chi connectivity index (χ4v) is 2.93. The summed E-state index contributed by atoms with van der Waals surface area (Å²) in [6.07, 6.45) is 0. The summed E-state index contributed by atoms with van der Waals surface area (Å²) >= 11 is 12.2. The van der Waals surface area contributed by atoms with Gasteiger partial charge >= 0.3 is 0 Å². The SMILES string of the molecule is Cc1ccc([N+](=O)[O-])c(NC(=O)CN(C)Cc2cccc(Cl)c2Cl)c1C. The summed E-state index contributed by atoms with van der Waals surface area (Å²) in [5.74, 6) is -0.345. The average Bonchev–Trinajstić information content (AvgIpc) is 2.55. The predicted octanol–water partition coefficient (Wildman–Crippen LogP) is 4.59. The van der Waals surface area contributed by atoms with Crippen molar-refractivity contribution in [3.8, 4) is 0 Å². The van der Waals surface area contributed by atoms with Gasteiger partial charge in [-0.05, 0) is 43.7 Å². The number of hydrogen-bond acceptors (Lipinski definition) is 4. The van der Waals surface area contributed by atoms with Crippen molar-refractivity contribution in [1.82, 2.24) is 4.90 Å². The lowest BCUT2D eigenvalue weighted by Crippen LogP contribution is -2.30. The fourth-order valence-electron chi connectivity index (χ4n) is 2.55. The second-order valence-corrected chi connectivity index (χ2v) is 6.88. The molecule has 1 N–H and O–H groups in total. The number of halogens is 2. The van der Waals surface area contributed by atoms with Gasteiger partial charge in [0.15, 0.2) is 0 Å². The molecule has 138 valence electrons. The first-order valence-electron chi connectivity index (χ1n) is 7.86. The molecule has 0 saturated carbocycles. The van der Waals surface area contributed by atoms with Crippen LogP contribution in [0.1, 0.15) is 16.7 Å². The zero-order valence-electron chi connectivity index (χ0n) is 14.7. The Kier molecular flexibility index (Phi) is 6.58. The molecule has 0 saturated heterocycles. The molecule has 0 atom stereocenters. The minimum absolute atomic E-state index is 0.0490. The second kappa shape index (κ2) is 8.49. The molecule has 0 heterocycles. The van der Waals surface area contributed by atoms with Crippen LogP contribution in [0.2, 0.25) is 10.0 Å². The van der Waals surface area contributed by atoms with Gasteiger partial charge in [-0.15, -0.1) is 0 Å². The maximum atomic E-state index is 12.4. The van der Waals surface area contributed by atoms with E-state index in [0.29, 0.717) is 22.2 Å². The van der Waals surface area contributed by atoms with E-state index in [-0.39, 0.29) is 23.8 Å². The molecule has 0 aliphatic rings. The van der Waals surface area contributed by atoms with Gasteiger partial charge in [-0.1, -0.05) is 41.4 Å². The highest BCUT2D eigenvalue weighted by atomic mass is 35.5. The highest BCUT2D eigenvalue weighted by Gasteiger charge is 2.20. The highest BCUT2D eigenvalue weighted by molar-refractivity contribution is 6.42. The topological polar surface area (TPSA) is 75.5 Å². The van der Waals surface area contributed by atoms with Crippen molar-refractivity contribution in [3.63, 3.8) is 0 Å². The summed E-state index contributed by atoms with van der Waals surface area (Å²) in [5, 5.41) is 14.8. The van der Waals surface area contributed by atoms with Gasteiger partial charge in [-0.25, -0.2) is 0 Å². The molecular weight excluding hydrogens is 377 g/mol. The molecule has 2 rings (SSSR count). The number of benzene rings is 2. The van der Waals surface area contributed by atoms with Crippen LogP contribution in [0.15, 0.2) is 30.3 Å². The Hall–Kier alpha value is -2.15. The number of aryl methyl sites for hydroxylation is 1. The second-order valence-electron chi connectivity index (χ2n) is 6.09. The third kappa shape index (κ3) is 4.72. The van der Waals surface area contributed by atoms with Crippen molar-refractivity contribution >= 4 is 40.5 Å². The van der Waals surface area contributed by atoms with E-state index in [4.69, 9.17) is 23.2 Å². The summed E-state index contributed by atoms with van der Waals surface area (Å²) in [6, 6.07) is 8.37. The molecule has 0 radical (unpaired) electrons. The lowest BCUT2D eigenvalue weighted by Gasteiger charge is -2.18. The van der Waals surface area contributed by atoms with Crippen LogP contribution in [0, 0.1) is 24.0 Å². The molecule has 2 aromatic carbocycles. The van der Waals surface area contributed by atoms with E-state index in [0.717, 1.165) is 11.1 Å². The van der Waals surface area contributed by atoms with Gasteiger partial charge in [-0.2, -0.15) is 0 Å². The summed E-state index contributed by atoms with van der Waals surface area (Å²) in [4.78, 5) is 24.8. The first kappa shape index (κ1) is 20.2. The molecule has 0 spiro atoms. The van der Waals surface area contributed by atoms with Crippen molar-refractivity contribution in [1.29, 1.82) is 0 Å². The van der Waals surface area contributed by atoms with Crippen molar-refractivity contribution in [2.75, 3.05) is 18.9 Å². The van der Waals surface area contributed by atoms with Crippen LogP contribution in [-0.2, 0) is 11.3 Å². The normalized spacial score (nSPS) is 10.8. The number of hydrogen-bond donors (Lipinski definition) is 1. The monoisotopic (exact) mass is 395 g/mol. The quantitative estimate of drug-likeness (QED) is 0.573. The number of nitrogens with one attached hydrogen (secondary N) is 1. The standard InChI is InChI=1S/C18H19Cl2N3O3/c1-11-7-8-15(23(25)26)18(12(11)2)21-16(24)10-22(3)9-13-5-4-6-14(19)17(13)20/h4-8H,9-10H2,1-3H3,(H,21,24). The van der Waals surface area contributed by atoms with E-state index in [1.54, 1.807) is 37.1 Å². The molecule has 1 amide bonds. The van der Waals surface area contributed by atoms with Crippen LogP contribution in [0.4, 0.5) is 11.4 Å². The molecule has 0 aliphatic heterocycles. The lowest BCUT2D eigenvalue weighted by atomic mass is 10.1. The molecule has 0 fully saturated rings. The first-order valence-corrected chi connectivity index (χ1v) is 8.62. The Morgan fingerprint density at radius 2 is 1.92 bits per heavy atom. The summed E-state index contributed by atoms with van der Waals surface area (Å²) < 4.78 is 0. The van der Waals surface area contributed by atoms with Gasteiger partial charge in [0.1, 0.15) is 5.69 Å². The Morgan fingerprint density at radius 1 is 1.23 bits per heavy atom. The van der Waals surface area contributed by atoms with Crippen molar-refractivity contribution in [2.24, 2.45) is 0 Å². The van der Waals surface area contributed by atoms with Gasteiger partial charge < -0.3 is 5.32 Å². The van der Waals surface area contributed by atoms with E-state index in [1.165, 1.54) is 6.07 Å². The van der Waals surface area contributed by atoms with Gasteiger partial charge in [0.25, 0.3) is 5.69 Å². The summed E-state index contributed by atoms with van der Waals surface area (Å²) in [6.45, 7) is 4.05. The van der Waals surface area contributed by atoms with E-state index >= 15 is 0 Å². The zero-order chi connectivity index (χ0) is 19.4. The van der Waals surface area contributed by atoms with Gasteiger partial charge in [0.05, 0.1) is 21.5 Å². The van der Waals surface area contributed by atoms with Gasteiger partial charge in [0, 0.05) is 12.6 Å². The van der Waals surface area contributed by atoms with E-state index < -0.39 is 4.92 Å². The number of nitrogens with zero attached hydrogens (tertiary/aromatic N) is 2. The van der Waals surface area contributed by atoms with E-state index in [1.807, 2.05) is 13.0 Å². The molecular formula is C18H19Cl2N3O3. The Bertz CT molecular complexity index is 856. The third-order valence-electron chi connectivity index (χ3n) is 4.06. The molecule has 26 heavy (non-hydrogen) atoms. The summed E-state index contributed by atoms with van der Waals surface area (Å²) in [7, 11) is 1.76. The Labute approximate surface area is 161 Å². The lowest BCUT2D eigenvalue weighted by molar-refractivity contribution is -0.384. The molecule has 0 bridgehead atoms. The van der Waals surface area contributed by atoms with Crippen LogP contribution in [-0.4, -0.2) is 29.3 Å². The number of carbonyl (C=O) groups is 1. The maximum absolute atomic E-state index is 12.4. The molecule has 8 heteroatoms. The number of nitro benzene ring substituents is 1. The number of carbonyl (C=O) groups excluding carboxylic acids is 1. The van der Waals surface area contributed by atoms with E-state index in [9.17, 15) is 14.9 Å². The average molecular weight is 396 g/mol. The zero-order valence-corrected chi connectivity index (χ0v) is 16.2. The molecule has 6 nitrogen and oxygen atoms in total. The van der Waals surface area contributed by atoms with Crippen LogP contribution >= 0.6 is 23.2 Å². The van der Waals surface area contributed by atoms with Crippen LogP contribution in [0.3, 0.4) is 0 Å². The summed E-state index contributed by atoms with van der Waals surface area (Å²) in [5.41, 5.74) is 2.45. The number of anilines is 1. The van der Waals surface area contributed by atoms with Crippen LogP contribution in [0.25, 0.3) is 0 Å². The molecule has 0 unspecified atom stereocenters. The number of rotatable bonds is 6. The van der Waals surface area contributed by atoms with Crippen molar-refractivity contribution < 1.29 is 9.72 Å². The molecule has 0 aromatic heterocycles. The highest BCUT2D eigenvalue weighted by Crippen LogP contribution is 2.30. The third-order valence-corrected chi connectivity index (χ3v) is 4.92. The number of nitro groups is 1. The van der Waals surface area contributed by atoms with Crippen molar-refractivity contribution in [2.45, 2.75) is 20.4 Å². The van der Waals surface area contributed by atoms with E-state index in [2.05, 4.69) is 5.32 Å².